The summed E-state index contributed by atoms with van der Waals surface area (Å²) >= 11 is 0. The minimum atomic E-state index is 0.634. The van der Waals surface area contributed by atoms with Crippen LogP contribution in [0.3, 0.4) is 0 Å². The molecule has 0 radical (unpaired) electrons. The molecule has 0 aliphatic rings. The first-order valence-electron chi connectivity index (χ1n) is 13.0. The Morgan fingerprint density at radius 2 is 0.550 bits per heavy atom. The molecule has 0 N–H and O–H groups in total. The van der Waals surface area contributed by atoms with Gasteiger partial charge in [-0.2, -0.15) is 0 Å². The van der Waals surface area contributed by atoms with Crippen LogP contribution in [0.5, 0.6) is 46.0 Å². The van der Waals surface area contributed by atoms with Crippen LogP contribution in [0, 0.1) is 0 Å². The number of para-hydroxylation sites is 4. The Bertz CT molecular complexity index is 1540. The number of rotatable bonds is 9. The first-order chi connectivity index (χ1) is 19.8. The van der Waals surface area contributed by atoms with Gasteiger partial charge in [-0.1, -0.05) is 72.8 Å². The molecule has 0 atom stereocenters. The van der Waals surface area contributed by atoms with Crippen molar-refractivity contribution in [2.75, 3.05) is 0 Å². The van der Waals surface area contributed by atoms with E-state index in [-0.39, 0.29) is 0 Å². The third-order valence-electron chi connectivity index (χ3n) is 6.10. The van der Waals surface area contributed by atoms with Crippen molar-refractivity contribution in [3.05, 3.63) is 158 Å². The van der Waals surface area contributed by atoms with Crippen LogP contribution in [0.2, 0.25) is 0 Å². The molecule has 0 aliphatic heterocycles. The minimum absolute atomic E-state index is 0.634. The predicted molar refractivity (Wildman–Crippen MR) is 158 cm³/mol. The molecular weight excluding hydrogens is 496 g/mol. The van der Waals surface area contributed by atoms with Crippen molar-refractivity contribution in [2.24, 2.45) is 0 Å². The Hall–Kier alpha value is -5.48. The fourth-order valence-electron chi connectivity index (χ4n) is 4.23. The highest BCUT2D eigenvalue weighted by Crippen LogP contribution is 2.44. The molecule has 0 aliphatic carbocycles. The topological polar surface area (TPSA) is 36.9 Å². The minimum Gasteiger partial charge on any atom is -0.457 e. The first-order valence-corrected chi connectivity index (χ1v) is 13.0. The molecule has 0 bridgehead atoms. The van der Waals surface area contributed by atoms with Crippen molar-refractivity contribution in [3.63, 3.8) is 0 Å². The number of hydrogen-bond donors (Lipinski definition) is 0. The quantitative estimate of drug-likeness (QED) is 0.189. The Labute approximate surface area is 233 Å². The van der Waals surface area contributed by atoms with E-state index < -0.39 is 0 Å². The zero-order valence-corrected chi connectivity index (χ0v) is 21.6. The van der Waals surface area contributed by atoms with E-state index in [1.807, 2.05) is 158 Å². The average molecular weight is 523 g/mol. The standard InChI is InChI=1S/C36H26O4/c1-5-13-27(14-6-1)37-31-21-23-33(35(25-31)39-29-17-9-3-10-18-29)34-24-22-32(38-28-15-7-2-8-16-28)26-36(34)40-30-19-11-4-12-20-30/h1-26H. The highest BCUT2D eigenvalue weighted by atomic mass is 16.5. The van der Waals surface area contributed by atoms with Gasteiger partial charge in [-0.3, -0.25) is 0 Å². The van der Waals surface area contributed by atoms with Crippen molar-refractivity contribution in [3.8, 4) is 57.1 Å². The summed E-state index contributed by atoms with van der Waals surface area (Å²) in [5.74, 6) is 5.52. The lowest BCUT2D eigenvalue weighted by Crippen LogP contribution is -1.94. The summed E-state index contributed by atoms with van der Waals surface area (Å²) < 4.78 is 25.1. The fraction of sp³-hybridized carbons (Fsp3) is 0. The lowest BCUT2D eigenvalue weighted by molar-refractivity contribution is 0.456. The van der Waals surface area contributed by atoms with Crippen LogP contribution in [-0.4, -0.2) is 0 Å². The molecule has 0 heterocycles. The maximum atomic E-state index is 6.41. The zero-order chi connectivity index (χ0) is 27.0. The first kappa shape index (κ1) is 24.8. The van der Waals surface area contributed by atoms with E-state index in [0.29, 0.717) is 23.0 Å². The lowest BCUT2D eigenvalue weighted by Gasteiger charge is -2.18. The van der Waals surface area contributed by atoms with Gasteiger partial charge in [-0.15, -0.1) is 0 Å². The van der Waals surface area contributed by atoms with Crippen LogP contribution < -0.4 is 18.9 Å². The van der Waals surface area contributed by atoms with Gasteiger partial charge in [0.25, 0.3) is 0 Å². The lowest BCUT2D eigenvalue weighted by atomic mass is 10.0. The molecule has 0 saturated heterocycles. The van der Waals surface area contributed by atoms with Crippen molar-refractivity contribution >= 4 is 0 Å². The van der Waals surface area contributed by atoms with E-state index in [4.69, 9.17) is 18.9 Å². The SMILES string of the molecule is c1ccc(Oc2ccc(-c3ccc(Oc4ccccc4)cc3Oc3ccccc3)c(Oc3ccccc3)c2)cc1. The van der Waals surface area contributed by atoms with Gasteiger partial charge in [0.1, 0.15) is 46.0 Å². The number of hydrogen-bond acceptors (Lipinski definition) is 4. The smallest absolute Gasteiger partial charge is 0.139 e. The van der Waals surface area contributed by atoms with E-state index in [1.54, 1.807) is 0 Å². The fourth-order valence-corrected chi connectivity index (χ4v) is 4.23. The van der Waals surface area contributed by atoms with Gasteiger partial charge in [0, 0.05) is 23.3 Å². The Morgan fingerprint density at radius 3 is 0.875 bits per heavy atom. The average Bonchev–Trinajstić information content (AvgIpc) is 3.00. The number of ether oxygens (including phenoxy) is 4. The maximum absolute atomic E-state index is 6.41. The van der Waals surface area contributed by atoms with Gasteiger partial charge in [0.05, 0.1) is 0 Å². The van der Waals surface area contributed by atoms with Gasteiger partial charge in [0.15, 0.2) is 0 Å². The molecule has 0 fully saturated rings. The molecule has 4 heteroatoms. The van der Waals surface area contributed by atoms with Crippen LogP contribution in [0.1, 0.15) is 0 Å². The van der Waals surface area contributed by atoms with Gasteiger partial charge in [-0.05, 0) is 72.8 Å². The summed E-state index contributed by atoms with van der Waals surface area (Å²) in [6.07, 6.45) is 0. The van der Waals surface area contributed by atoms with Crippen molar-refractivity contribution in [1.29, 1.82) is 0 Å². The summed E-state index contributed by atoms with van der Waals surface area (Å²) in [4.78, 5) is 0. The molecule has 6 rings (SSSR count). The van der Waals surface area contributed by atoms with Crippen LogP contribution >= 0.6 is 0 Å². The summed E-state index contributed by atoms with van der Waals surface area (Å²) in [6, 6.07) is 50.4. The second-order valence-corrected chi connectivity index (χ2v) is 8.98. The van der Waals surface area contributed by atoms with Gasteiger partial charge in [0.2, 0.25) is 0 Å². The molecule has 6 aromatic carbocycles. The van der Waals surface area contributed by atoms with Gasteiger partial charge < -0.3 is 18.9 Å². The van der Waals surface area contributed by atoms with E-state index in [1.165, 1.54) is 0 Å². The largest absolute Gasteiger partial charge is 0.457 e. The molecule has 0 aromatic heterocycles. The van der Waals surface area contributed by atoms with Crippen LogP contribution in [0.25, 0.3) is 11.1 Å². The number of benzene rings is 6. The Balaban J connectivity index is 1.42. The summed E-state index contributed by atoms with van der Waals surface area (Å²) in [6.45, 7) is 0. The second-order valence-electron chi connectivity index (χ2n) is 8.98. The van der Waals surface area contributed by atoms with E-state index in [9.17, 15) is 0 Å². The summed E-state index contributed by atoms with van der Waals surface area (Å²) in [5, 5.41) is 0. The maximum Gasteiger partial charge on any atom is 0.139 e. The summed E-state index contributed by atoms with van der Waals surface area (Å²) in [7, 11) is 0. The molecule has 40 heavy (non-hydrogen) atoms. The van der Waals surface area contributed by atoms with Gasteiger partial charge >= 0.3 is 0 Å². The molecule has 0 amide bonds. The third-order valence-corrected chi connectivity index (χ3v) is 6.10. The molecule has 4 nitrogen and oxygen atoms in total. The molecule has 194 valence electrons. The Morgan fingerprint density at radius 1 is 0.250 bits per heavy atom. The Kier molecular flexibility index (Phi) is 7.40. The van der Waals surface area contributed by atoms with Crippen LogP contribution in [0.15, 0.2) is 158 Å². The molecule has 6 aromatic rings. The van der Waals surface area contributed by atoms with Crippen LogP contribution in [-0.2, 0) is 0 Å². The monoisotopic (exact) mass is 522 g/mol. The molecule has 0 unspecified atom stereocenters. The third kappa shape index (κ3) is 6.14. The van der Waals surface area contributed by atoms with Crippen molar-refractivity contribution in [2.45, 2.75) is 0 Å². The normalized spacial score (nSPS) is 10.5. The van der Waals surface area contributed by atoms with E-state index >= 15 is 0 Å². The van der Waals surface area contributed by atoms with Crippen LogP contribution in [0.4, 0.5) is 0 Å². The van der Waals surface area contributed by atoms with Gasteiger partial charge in [-0.25, -0.2) is 0 Å². The van der Waals surface area contributed by atoms with E-state index in [0.717, 1.165) is 34.1 Å². The summed E-state index contributed by atoms with van der Waals surface area (Å²) in [5.41, 5.74) is 1.70. The second kappa shape index (κ2) is 11.9. The molecule has 0 spiro atoms. The van der Waals surface area contributed by atoms with Crippen molar-refractivity contribution < 1.29 is 18.9 Å². The van der Waals surface area contributed by atoms with Crippen molar-refractivity contribution in [1.82, 2.24) is 0 Å². The predicted octanol–water partition coefficient (Wildman–Crippen LogP) is 10.5. The van der Waals surface area contributed by atoms with E-state index in [2.05, 4.69) is 0 Å². The highest BCUT2D eigenvalue weighted by molar-refractivity contribution is 5.78. The molecule has 0 saturated carbocycles. The highest BCUT2D eigenvalue weighted by Gasteiger charge is 2.17. The molecular formula is C36H26O4. The zero-order valence-electron chi connectivity index (χ0n) is 21.6.